The number of hydrogen-bond acceptors (Lipinski definition) is 12. The summed E-state index contributed by atoms with van der Waals surface area (Å²) in [5, 5.41) is 9.21. The Balaban J connectivity index is 1.85. The first-order valence-electron chi connectivity index (χ1n) is 8.34. The third-order valence-electron chi connectivity index (χ3n) is 3.88. The quantitative estimate of drug-likeness (QED) is 0.182. The largest absolute Gasteiger partial charge is 0.772 e. The van der Waals surface area contributed by atoms with Gasteiger partial charge in [-0.15, -0.1) is 0 Å². The van der Waals surface area contributed by atoms with E-state index in [4.69, 9.17) is 14.0 Å². The molecule has 0 spiro atoms. The summed E-state index contributed by atoms with van der Waals surface area (Å²) in [5.74, 6) is -2.34. The van der Waals surface area contributed by atoms with Gasteiger partial charge in [-0.3, -0.25) is 12.6 Å². The van der Waals surface area contributed by atoms with Crippen molar-refractivity contribution >= 4 is 38.6 Å². The van der Waals surface area contributed by atoms with Crippen LogP contribution in [0.3, 0.4) is 0 Å². The van der Waals surface area contributed by atoms with Crippen LogP contribution in [0.2, 0.25) is 0 Å². The third kappa shape index (κ3) is 8.68. The predicted molar refractivity (Wildman–Crippen MR) is 94.4 cm³/mol. The molecular weight excluding hydrogens is 443 g/mol. The molecule has 2 aliphatic heterocycles. The Morgan fingerprint density at radius 3 is 1.89 bits per heavy atom. The number of aliphatic hydroxyl groups is 1. The smallest absolute Gasteiger partial charge is 0.639 e. The van der Waals surface area contributed by atoms with Crippen molar-refractivity contribution < 1.29 is 53.0 Å². The molecule has 0 bridgehead atoms. The Kier molecular flexibility index (Phi) is 9.25. The van der Waals surface area contributed by atoms with Crippen LogP contribution in [0.4, 0.5) is 0 Å². The van der Waals surface area contributed by atoms with Crippen molar-refractivity contribution in [2.45, 2.75) is 0 Å². The first-order chi connectivity index (χ1) is 13.1. The fourth-order valence-electron chi connectivity index (χ4n) is 2.50. The summed E-state index contributed by atoms with van der Waals surface area (Å²) in [6.45, 7) is -0.865. The maximum atomic E-state index is 11.3. The number of rotatable bonds is 12. The van der Waals surface area contributed by atoms with Crippen molar-refractivity contribution in [3.63, 3.8) is 0 Å². The summed E-state index contributed by atoms with van der Waals surface area (Å²) in [6, 6.07) is 0. The maximum absolute atomic E-state index is 11.3. The molecule has 1 N–H and O–H groups in total. The average Bonchev–Trinajstić information content (AvgIpc) is 3.13. The highest BCUT2D eigenvalue weighted by molar-refractivity contribution is 7.87. The first-order valence-corrected chi connectivity index (χ1v) is 12.7. The number of hydrogen-bond donors (Lipinski definition) is 1. The minimum atomic E-state index is -3.57. The summed E-state index contributed by atoms with van der Waals surface area (Å²) in [4.78, 5) is 0. The van der Waals surface area contributed by atoms with Gasteiger partial charge < -0.3 is 23.6 Å². The molecule has 2 heterocycles. The molecule has 4 unspecified atom stereocenters. The second-order valence-electron chi connectivity index (χ2n) is 6.56. The van der Waals surface area contributed by atoms with Gasteiger partial charge in [-0.25, -0.2) is 0 Å². The van der Waals surface area contributed by atoms with Crippen LogP contribution in [-0.2, 0) is 53.6 Å². The summed E-state index contributed by atoms with van der Waals surface area (Å²) in [7, 11) is -8.45. The van der Waals surface area contributed by atoms with Crippen molar-refractivity contribution in [1.82, 2.24) is 0 Å². The molecule has 2 aliphatic rings. The molecule has 0 saturated carbocycles. The Morgan fingerprint density at radius 1 is 1.04 bits per heavy atom. The van der Waals surface area contributed by atoms with Crippen LogP contribution >= 0.6 is 0 Å². The van der Waals surface area contributed by atoms with E-state index in [1.54, 1.807) is 0 Å². The molecular formula is C12H22BO12S3-. The zero-order chi connectivity index (χ0) is 20.8. The van der Waals surface area contributed by atoms with Gasteiger partial charge in [0.15, 0.2) is 0 Å². The molecule has 28 heavy (non-hydrogen) atoms. The van der Waals surface area contributed by atoms with Crippen LogP contribution < -0.4 is 0 Å². The second-order valence-corrected chi connectivity index (χ2v) is 10.9. The molecule has 164 valence electrons. The lowest BCUT2D eigenvalue weighted by Crippen LogP contribution is -2.35. The van der Waals surface area contributed by atoms with Gasteiger partial charge in [0.1, 0.15) is 0 Å². The maximum Gasteiger partial charge on any atom is 0.639 e. The Hall–Kier alpha value is -0.165. The van der Waals surface area contributed by atoms with E-state index in [0.29, 0.717) is 0 Å². The zero-order valence-electron chi connectivity index (χ0n) is 14.8. The van der Waals surface area contributed by atoms with E-state index in [9.17, 15) is 30.7 Å². The van der Waals surface area contributed by atoms with E-state index in [2.05, 4.69) is 8.37 Å². The normalized spacial score (nSPS) is 28.2. The highest BCUT2D eigenvalue weighted by Gasteiger charge is 2.34. The minimum Gasteiger partial charge on any atom is -0.772 e. The lowest BCUT2D eigenvalue weighted by Gasteiger charge is -2.21. The molecule has 12 nitrogen and oxygen atoms in total. The molecule has 2 fully saturated rings. The van der Waals surface area contributed by atoms with Crippen molar-refractivity contribution in [1.29, 1.82) is 0 Å². The van der Waals surface area contributed by atoms with E-state index >= 15 is 0 Å². The number of aliphatic hydroxyl groups excluding tert-OH is 1. The molecule has 0 radical (unpaired) electrons. The lowest BCUT2D eigenvalue weighted by molar-refractivity contribution is 0.0528. The summed E-state index contributed by atoms with van der Waals surface area (Å²) in [6.07, 6.45) is 0. The summed E-state index contributed by atoms with van der Waals surface area (Å²) in [5.41, 5.74) is 0. The molecule has 16 heteroatoms. The fraction of sp³-hybridized carbons (Fsp3) is 1.00. The average molecular weight is 465 g/mol. The summed E-state index contributed by atoms with van der Waals surface area (Å²) < 4.78 is 92.2. The van der Waals surface area contributed by atoms with E-state index in [-0.39, 0.29) is 50.3 Å². The van der Waals surface area contributed by atoms with Crippen molar-refractivity contribution in [2.24, 2.45) is 17.8 Å². The molecule has 2 rings (SSSR count). The minimum absolute atomic E-state index is 0.0435. The Labute approximate surface area is 166 Å². The standard InChI is InChI=1S/C12H23BO12S3/c14-1-10(7-26(15)16)2-21-13(22-3-11-5-24-27(17,18)8-11)23-4-12-6-25-28(19,20)9-12/h10-12,14H,1-9H2,(H,15,16)/p-1. The van der Waals surface area contributed by atoms with Gasteiger partial charge in [0.25, 0.3) is 20.2 Å². The van der Waals surface area contributed by atoms with Crippen LogP contribution in [0.1, 0.15) is 0 Å². The third-order valence-corrected chi connectivity index (χ3v) is 7.37. The van der Waals surface area contributed by atoms with Crippen LogP contribution in [-0.4, -0.2) is 94.9 Å². The van der Waals surface area contributed by atoms with Crippen molar-refractivity contribution in [2.75, 3.05) is 56.9 Å². The molecule has 0 amide bonds. The van der Waals surface area contributed by atoms with Gasteiger partial charge >= 0.3 is 7.32 Å². The van der Waals surface area contributed by atoms with Crippen LogP contribution in [0, 0.1) is 17.8 Å². The molecule has 4 atom stereocenters. The van der Waals surface area contributed by atoms with Crippen LogP contribution in [0.5, 0.6) is 0 Å². The van der Waals surface area contributed by atoms with Crippen molar-refractivity contribution in [3.8, 4) is 0 Å². The molecule has 0 aromatic rings. The highest BCUT2D eigenvalue weighted by Crippen LogP contribution is 2.18. The monoisotopic (exact) mass is 465 g/mol. The topological polar surface area (TPSA) is 175 Å². The summed E-state index contributed by atoms with van der Waals surface area (Å²) >= 11 is -2.38. The van der Waals surface area contributed by atoms with E-state index in [1.807, 2.05) is 0 Å². The fourth-order valence-corrected chi connectivity index (χ4v) is 5.61. The van der Waals surface area contributed by atoms with Gasteiger partial charge in [0, 0.05) is 49.9 Å². The molecule has 0 aromatic carbocycles. The van der Waals surface area contributed by atoms with Gasteiger partial charge in [-0.1, -0.05) is 11.1 Å². The Bertz CT molecular complexity index is 678. The lowest BCUT2D eigenvalue weighted by atomic mass is 10.1. The van der Waals surface area contributed by atoms with E-state index in [1.165, 1.54) is 0 Å². The van der Waals surface area contributed by atoms with E-state index in [0.717, 1.165) is 0 Å². The second kappa shape index (κ2) is 10.7. The highest BCUT2D eigenvalue weighted by atomic mass is 32.2. The first kappa shape index (κ1) is 24.1. The van der Waals surface area contributed by atoms with Gasteiger partial charge in [-0.05, 0) is 0 Å². The van der Waals surface area contributed by atoms with Gasteiger partial charge in [0.2, 0.25) is 0 Å². The SMILES string of the molecule is O=S([O-])CC(CO)COB(OCC1COS(=O)(=O)C1)OCC1COS(=O)(=O)C1. The van der Waals surface area contributed by atoms with Gasteiger partial charge in [-0.2, -0.15) is 16.8 Å². The molecule has 0 aliphatic carbocycles. The predicted octanol–water partition coefficient (Wildman–Crippen LogP) is -2.54. The van der Waals surface area contributed by atoms with Crippen molar-refractivity contribution in [3.05, 3.63) is 0 Å². The molecule has 2 saturated heterocycles. The van der Waals surface area contributed by atoms with Crippen LogP contribution in [0.25, 0.3) is 0 Å². The van der Waals surface area contributed by atoms with Crippen LogP contribution in [0.15, 0.2) is 0 Å². The Morgan fingerprint density at radius 2 is 1.54 bits per heavy atom. The van der Waals surface area contributed by atoms with Gasteiger partial charge in [0.05, 0.1) is 24.7 Å². The van der Waals surface area contributed by atoms with E-state index < -0.39 is 63.0 Å². The zero-order valence-corrected chi connectivity index (χ0v) is 17.3. The molecule has 0 aromatic heterocycles.